The van der Waals surface area contributed by atoms with Gasteiger partial charge in [-0.05, 0) is 38.3 Å². The van der Waals surface area contributed by atoms with E-state index in [-0.39, 0.29) is 0 Å². The van der Waals surface area contributed by atoms with E-state index >= 15 is 0 Å². The van der Waals surface area contributed by atoms with Gasteiger partial charge in [0.25, 0.3) is 0 Å². The number of hydrogen-bond acceptors (Lipinski definition) is 3. The molecule has 1 saturated heterocycles. The molecular weight excluding hydrogens is 250 g/mol. The van der Waals surface area contributed by atoms with Crippen LogP contribution in [-0.2, 0) is 11.2 Å². The lowest BCUT2D eigenvalue weighted by Crippen LogP contribution is -2.42. The van der Waals surface area contributed by atoms with Crippen LogP contribution < -0.4 is 5.32 Å². The summed E-state index contributed by atoms with van der Waals surface area (Å²) in [5, 5.41) is 8.17. The average molecular weight is 279 g/mol. The Bertz CT molecular complexity index is 400. The first-order valence-electron chi connectivity index (χ1n) is 8.02. The van der Waals surface area contributed by atoms with E-state index in [1.54, 1.807) is 0 Å². The summed E-state index contributed by atoms with van der Waals surface area (Å²) in [6.07, 6.45) is 6.83. The van der Waals surface area contributed by atoms with Gasteiger partial charge in [-0.15, -0.1) is 0 Å². The lowest BCUT2D eigenvalue weighted by Gasteiger charge is -2.25. The third-order valence-electron chi connectivity index (χ3n) is 4.62. The van der Waals surface area contributed by atoms with Gasteiger partial charge in [-0.2, -0.15) is 5.10 Å². The van der Waals surface area contributed by atoms with Crippen LogP contribution in [0.5, 0.6) is 0 Å². The van der Waals surface area contributed by atoms with Crippen LogP contribution in [0.15, 0.2) is 12.3 Å². The predicted molar refractivity (Wildman–Crippen MR) is 81.9 cm³/mol. The van der Waals surface area contributed by atoms with E-state index in [2.05, 4.69) is 43.0 Å². The quantitative estimate of drug-likeness (QED) is 0.834. The van der Waals surface area contributed by atoms with Gasteiger partial charge in [-0.1, -0.05) is 20.8 Å². The zero-order chi connectivity index (χ0) is 14.5. The fourth-order valence-electron chi connectivity index (χ4n) is 3.19. The molecule has 114 valence electrons. The van der Waals surface area contributed by atoms with Crippen LogP contribution >= 0.6 is 0 Å². The van der Waals surface area contributed by atoms with Gasteiger partial charge in [0.2, 0.25) is 0 Å². The van der Waals surface area contributed by atoms with Crippen LogP contribution in [0.1, 0.15) is 51.8 Å². The summed E-state index contributed by atoms with van der Waals surface area (Å²) in [5.41, 5.74) is 1.17. The minimum Gasteiger partial charge on any atom is -0.376 e. The molecule has 2 heterocycles. The molecule has 1 aliphatic rings. The Morgan fingerprint density at radius 3 is 2.75 bits per heavy atom. The number of aromatic nitrogens is 2. The van der Waals surface area contributed by atoms with Crippen molar-refractivity contribution in [2.24, 2.45) is 5.92 Å². The topological polar surface area (TPSA) is 39.1 Å². The summed E-state index contributed by atoms with van der Waals surface area (Å²) < 4.78 is 8.02. The molecule has 1 aromatic rings. The minimum atomic E-state index is 0.318. The van der Waals surface area contributed by atoms with Gasteiger partial charge in [0.15, 0.2) is 0 Å². The van der Waals surface area contributed by atoms with Crippen molar-refractivity contribution in [3.63, 3.8) is 0 Å². The van der Waals surface area contributed by atoms with Gasteiger partial charge >= 0.3 is 0 Å². The van der Waals surface area contributed by atoms with Gasteiger partial charge in [-0.25, -0.2) is 0 Å². The Kier molecular flexibility index (Phi) is 5.61. The molecule has 1 aliphatic heterocycles. The highest BCUT2D eigenvalue weighted by Gasteiger charge is 2.31. The summed E-state index contributed by atoms with van der Waals surface area (Å²) in [5.74, 6) is 0.633. The van der Waals surface area contributed by atoms with Crippen LogP contribution in [0.25, 0.3) is 0 Å². The number of nitrogens with one attached hydrogen (secondary N) is 1. The number of rotatable bonds is 7. The fraction of sp³-hybridized carbons (Fsp3) is 0.812. The lowest BCUT2D eigenvalue weighted by molar-refractivity contribution is 0.0630. The Balaban J connectivity index is 2.01. The van der Waals surface area contributed by atoms with Crippen molar-refractivity contribution in [1.82, 2.24) is 15.1 Å². The molecule has 2 rings (SSSR count). The van der Waals surface area contributed by atoms with E-state index in [1.807, 2.05) is 7.05 Å². The number of likely N-dealkylation sites (N-methyl/N-ethyl adjacent to an activating group) is 1. The first kappa shape index (κ1) is 15.5. The predicted octanol–water partition coefficient (Wildman–Crippen LogP) is 2.80. The molecule has 0 bridgehead atoms. The van der Waals surface area contributed by atoms with Gasteiger partial charge in [0.1, 0.15) is 0 Å². The smallest absolute Gasteiger partial charge is 0.0758 e. The maximum atomic E-state index is 5.89. The van der Waals surface area contributed by atoms with Crippen LogP contribution in [0, 0.1) is 5.92 Å². The Hall–Kier alpha value is -0.870. The largest absolute Gasteiger partial charge is 0.376 e. The van der Waals surface area contributed by atoms with Crippen molar-refractivity contribution in [2.75, 3.05) is 13.7 Å². The molecule has 3 unspecified atom stereocenters. The van der Waals surface area contributed by atoms with E-state index in [0.29, 0.717) is 24.1 Å². The van der Waals surface area contributed by atoms with Gasteiger partial charge in [0, 0.05) is 25.3 Å². The van der Waals surface area contributed by atoms with Gasteiger partial charge < -0.3 is 10.1 Å². The van der Waals surface area contributed by atoms with E-state index in [0.717, 1.165) is 25.9 Å². The molecule has 3 atom stereocenters. The van der Waals surface area contributed by atoms with E-state index < -0.39 is 0 Å². The van der Waals surface area contributed by atoms with Gasteiger partial charge in [-0.3, -0.25) is 4.68 Å². The molecule has 1 fully saturated rings. The number of ether oxygens (including phenoxy) is 1. The monoisotopic (exact) mass is 279 g/mol. The maximum Gasteiger partial charge on any atom is 0.0758 e. The highest BCUT2D eigenvalue weighted by Crippen LogP contribution is 2.24. The van der Waals surface area contributed by atoms with Crippen molar-refractivity contribution in [2.45, 2.75) is 64.6 Å². The molecule has 20 heavy (non-hydrogen) atoms. The first-order valence-corrected chi connectivity index (χ1v) is 8.02. The Morgan fingerprint density at radius 2 is 2.20 bits per heavy atom. The molecule has 0 amide bonds. The normalized spacial score (nSPS) is 24.4. The zero-order valence-electron chi connectivity index (χ0n) is 13.3. The highest BCUT2D eigenvalue weighted by atomic mass is 16.5. The molecule has 1 N–H and O–H groups in total. The zero-order valence-corrected chi connectivity index (χ0v) is 13.3. The van der Waals surface area contributed by atoms with Crippen LogP contribution in [0.3, 0.4) is 0 Å². The third kappa shape index (κ3) is 3.41. The maximum absolute atomic E-state index is 5.89. The third-order valence-corrected chi connectivity index (χ3v) is 4.62. The van der Waals surface area contributed by atoms with Crippen LogP contribution in [0.4, 0.5) is 0 Å². The second kappa shape index (κ2) is 7.23. The summed E-state index contributed by atoms with van der Waals surface area (Å²) in [7, 11) is 2.02. The Morgan fingerprint density at radius 1 is 1.45 bits per heavy atom. The standard InChI is InChI=1S/C16H29N3O/c1-5-14(6-2)19-9-7-13(18-19)11-15(17-4)16-12(3)8-10-20-16/h7,9,12,14-17H,5-6,8,10-11H2,1-4H3. The van der Waals surface area contributed by atoms with E-state index in [1.165, 1.54) is 12.1 Å². The second-order valence-corrected chi connectivity index (χ2v) is 5.96. The van der Waals surface area contributed by atoms with Crippen LogP contribution in [-0.4, -0.2) is 35.6 Å². The fourth-order valence-corrected chi connectivity index (χ4v) is 3.19. The minimum absolute atomic E-state index is 0.318. The van der Waals surface area contributed by atoms with E-state index in [9.17, 15) is 0 Å². The number of nitrogens with zero attached hydrogens (tertiary/aromatic N) is 2. The molecule has 0 spiro atoms. The SMILES string of the molecule is CCC(CC)n1ccc(CC(NC)C2OCCC2C)n1. The Labute approximate surface area is 122 Å². The number of hydrogen-bond donors (Lipinski definition) is 1. The molecule has 0 aliphatic carbocycles. The molecular formula is C16H29N3O. The molecule has 4 nitrogen and oxygen atoms in total. The summed E-state index contributed by atoms with van der Waals surface area (Å²) in [6, 6.07) is 3.04. The molecule has 0 aromatic carbocycles. The van der Waals surface area contributed by atoms with Crippen molar-refractivity contribution in [1.29, 1.82) is 0 Å². The molecule has 1 aromatic heterocycles. The average Bonchev–Trinajstić information content (AvgIpc) is 3.07. The van der Waals surface area contributed by atoms with E-state index in [4.69, 9.17) is 9.84 Å². The summed E-state index contributed by atoms with van der Waals surface area (Å²) in [4.78, 5) is 0. The molecule has 0 saturated carbocycles. The molecule has 4 heteroatoms. The van der Waals surface area contributed by atoms with Crippen molar-refractivity contribution < 1.29 is 4.74 Å². The van der Waals surface area contributed by atoms with Crippen molar-refractivity contribution >= 4 is 0 Å². The second-order valence-electron chi connectivity index (χ2n) is 5.96. The van der Waals surface area contributed by atoms with Gasteiger partial charge in [0.05, 0.1) is 17.8 Å². The van der Waals surface area contributed by atoms with Crippen LogP contribution in [0.2, 0.25) is 0 Å². The van der Waals surface area contributed by atoms with Crippen molar-refractivity contribution in [3.05, 3.63) is 18.0 Å². The lowest BCUT2D eigenvalue weighted by atomic mass is 9.95. The summed E-state index contributed by atoms with van der Waals surface area (Å²) >= 11 is 0. The summed E-state index contributed by atoms with van der Waals surface area (Å²) in [6.45, 7) is 7.62. The first-order chi connectivity index (χ1) is 9.69. The highest BCUT2D eigenvalue weighted by molar-refractivity contribution is 5.04. The molecule has 0 radical (unpaired) electrons. The van der Waals surface area contributed by atoms with Crippen molar-refractivity contribution in [3.8, 4) is 0 Å².